The Morgan fingerprint density at radius 3 is 3.21 bits per heavy atom. The molecule has 0 unspecified atom stereocenters. The van der Waals surface area contributed by atoms with Crippen molar-refractivity contribution in [3.63, 3.8) is 0 Å². The molecule has 1 aliphatic heterocycles. The van der Waals surface area contributed by atoms with Crippen molar-refractivity contribution >= 4 is 23.4 Å². The van der Waals surface area contributed by atoms with Gasteiger partial charge in [0, 0.05) is 5.69 Å². The minimum absolute atomic E-state index is 0.120. The fourth-order valence-corrected chi connectivity index (χ4v) is 2.54. The molecule has 0 fully saturated rings. The van der Waals surface area contributed by atoms with Gasteiger partial charge in [0.15, 0.2) is 0 Å². The Morgan fingerprint density at radius 1 is 1.58 bits per heavy atom. The summed E-state index contributed by atoms with van der Waals surface area (Å²) in [7, 11) is 0. The van der Waals surface area contributed by atoms with Crippen LogP contribution >= 0.6 is 11.8 Å². The van der Waals surface area contributed by atoms with Gasteiger partial charge in [0.2, 0.25) is 5.91 Å². The van der Waals surface area contributed by atoms with E-state index in [0.717, 1.165) is 42.2 Å². The number of carbonyl (C=O) groups is 1. The molecule has 0 bridgehead atoms. The zero-order valence-electron chi connectivity index (χ0n) is 11.1. The van der Waals surface area contributed by atoms with E-state index in [1.807, 2.05) is 24.5 Å². The summed E-state index contributed by atoms with van der Waals surface area (Å²) in [6, 6.07) is 5.31. The number of nitrogens with two attached hydrogens (primary N) is 1. The van der Waals surface area contributed by atoms with Crippen LogP contribution in [0.1, 0.15) is 18.4 Å². The molecule has 0 spiro atoms. The van der Waals surface area contributed by atoms with Crippen molar-refractivity contribution in [1.82, 2.24) is 0 Å². The summed E-state index contributed by atoms with van der Waals surface area (Å²) in [5.41, 5.74) is 7.79. The minimum atomic E-state index is -0.445. The smallest absolute Gasteiger partial charge is 0.241 e. The lowest BCUT2D eigenvalue weighted by molar-refractivity contribution is -0.117. The number of thioether (sulfide) groups is 1. The molecule has 0 saturated carbocycles. The fraction of sp³-hybridized carbons (Fsp3) is 0.500. The van der Waals surface area contributed by atoms with E-state index in [4.69, 9.17) is 10.5 Å². The summed E-state index contributed by atoms with van der Waals surface area (Å²) in [6.45, 7) is 0.776. The van der Waals surface area contributed by atoms with Crippen LogP contribution in [-0.2, 0) is 11.2 Å². The zero-order chi connectivity index (χ0) is 13.7. The van der Waals surface area contributed by atoms with Gasteiger partial charge in [0.05, 0.1) is 12.6 Å². The molecule has 1 atom stereocenters. The van der Waals surface area contributed by atoms with Gasteiger partial charge in [0.1, 0.15) is 5.75 Å². The van der Waals surface area contributed by atoms with Gasteiger partial charge in [-0.25, -0.2) is 0 Å². The Labute approximate surface area is 118 Å². The third kappa shape index (κ3) is 3.88. The summed E-state index contributed by atoms with van der Waals surface area (Å²) >= 11 is 1.70. The van der Waals surface area contributed by atoms with Crippen LogP contribution in [0.4, 0.5) is 5.69 Å². The number of aryl methyl sites for hydroxylation is 1. The van der Waals surface area contributed by atoms with Crippen LogP contribution < -0.4 is 15.8 Å². The third-order valence-electron chi connectivity index (χ3n) is 3.15. The molecule has 1 amide bonds. The van der Waals surface area contributed by atoms with E-state index >= 15 is 0 Å². The van der Waals surface area contributed by atoms with Gasteiger partial charge in [0.25, 0.3) is 0 Å². The third-order valence-corrected chi connectivity index (χ3v) is 3.79. The molecule has 3 N–H and O–H groups in total. The Hall–Kier alpha value is -1.20. The molecule has 1 heterocycles. The molecule has 5 heteroatoms. The Balaban J connectivity index is 1.97. The largest absolute Gasteiger partial charge is 0.493 e. The average Bonchev–Trinajstić information content (AvgIpc) is 2.44. The summed E-state index contributed by atoms with van der Waals surface area (Å²) in [5, 5.41) is 2.87. The second-order valence-corrected chi connectivity index (χ2v) is 5.64. The van der Waals surface area contributed by atoms with Gasteiger partial charge in [-0.3, -0.25) is 4.79 Å². The highest BCUT2D eigenvalue weighted by Gasteiger charge is 2.15. The molecule has 0 saturated heterocycles. The summed E-state index contributed by atoms with van der Waals surface area (Å²) < 4.78 is 5.54. The standard InChI is InChI=1S/C14H20N2O2S/c1-19-8-6-12(15)14(17)16-11-4-5-13-10(9-11)3-2-7-18-13/h4-5,9,12H,2-3,6-8,15H2,1H3,(H,16,17)/t12-/m0/s1. The molecular formula is C14H20N2O2S. The molecule has 1 aliphatic rings. The molecule has 19 heavy (non-hydrogen) atoms. The van der Waals surface area contributed by atoms with Gasteiger partial charge in [-0.2, -0.15) is 11.8 Å². The summed E-state index contributed by atoms with van der Waals surface area (Å²) in [6.07, 6.45) is 4.73. The number of ether oxygens (including phenoxy) is 1. The Bertz CT molecular complexity index is 451. The maximum atomic E-state index is 11.9. The second kappa shape index (κ2) is 6.82. The van der Waals surface area contributed by atoms with E-state index < -0.39 is 6.04 Å². The highest BCUT2D eigenvalue weighted by atomic mass is 32.2. The number of carbonyl (C=O) groups excluding carboxylic acids is 1. The summed E-state index contributed by atoms with van der Waals surface area (Å²) in [5.74, 6) is 1.70. The van der Waals surface area contributed by atoms with Gasteiger partial charge in [-0.15, -0.1) is 0 Å². The first-order valence-electron chi connectivity index (χ1n) is 6.52. The lowest BCUT2D eigenvalue weighted by Crippen LogP contribution is -2.36. The number of anilines is 1. The number of hydrogen-bond acceptors (Lipinski definition) is 4. The van der Waals surface area contributed by atoms with E-state index in [1.165, 1.54) is 0 Å². The zero-order valence-corrected chi connectivity index (χ0v) is 12.0. The van der Waals surface area contributed by atoms with Crippen LogP contribution in [0, 0.1) is 0 Å². The van der Waals surface area contributed by atoms with E-state index in [9.17, 15) is 4.79 Å². The van der Waals surface area contributed by atoms with Crippen molar-refractivity contribution < 1.29 is 9.53 Å². The van der Waals surface area contributed by atoms with Crippen molar-refractivity contribution in [1.29, 1.82) is 0 Å². The predicted octanol–water partition coefficient (Wildman–Crippen LogP) is 2.03. The van der Waals surface area contributed by atoms with Crippen molar-refractivity contribution in [2.75, 3.05) is 23.9 Å². The quantitative estimate of drug-likeness (QED) is 0.866. The Morgan fingerprint density at radius 2 is 2.42 bits per heavy atom. The van der Waals surface area contributed by atoms with E-state index in [2.05, 4.69) is 5.32 Å². The van der Waals surface area contributed by atoms with Crippen LogP contribution in [-0.4, -0.2) is 30.6 Å². The normalized spacial score (nSPS) is 15.3. The van der Waals surface area contributed by atoms with Gasteiger partial charge in [-0.1, -0.05) is 0 Å². The van der Waals surface area contributed by atoms with Crippen molar-refractivity contribution in [2.45, 2.75) is 25.3 Å². The van der Waals surface area contributed by atoms with Crippen LogP contribution in [0.2, 0.25) is 0 Å². The van der Waals surface area contributed by atoms with Gasteiger partial charge < -0.3 is 15.8 Å². The predicted molar refractivity (Wildman–Crippen MR) is 79.9 cm³/mol. The molecule has 4 nitrogen and oxygen atoms in total. The molecule has 1 aromatic carbocycles. The summed E-state index contributed by atoms with van der Waals surface area (Å²) in [4.78, 5) is 11.9. The van der Waals surface area contributed by atoms with Gasteiger partial charge in [-0.05, 0) is 55.0 Å². The van der Waals surface area contributed by atoms with E-state index in [0.29, 0.717) is 6.42 Å². The van der Waals surface area contributed by atoms with E-state index in [1.54, 1.807) is 11.8 Å². The Kier molecular flexibility index (Phi) is 5.10. The van der Waals surface area contributed by atoms with Crippen molar-refractivity contribution in [2.24, 2.45) is 5.73 Å². The molecule has 0 aliphatic carbocycles. The number of benzene rings is 1. The second-order valence-electron chi connectivity index (χ2n) is 4.65. The number of fused-ring (bicyclic) bond motifs is 1. The lowest BCUT2D eigenvalue weighted by atomic mass is 10.1. The molecule has 0 radical (unpaired) electrons. The molecule has 1 aromatic rings. The monoisotopic (exact) mass is 280 g/mol. The topological polar surface area (TPSA) is 64.4 Å². The molecular weight excluding hydrogens is 260 g/mol. The number of rotatable bonds is 5. The van der Waals surface area contributed by atoms with Crippen molar-refractivity contribution in [3.05, 3.63) is 23.8 Å². The number of nitrogens with one attached hydrogen (secondary N) is 1. The van der Waals surface area contributed by atoms with Crippen LogP contribution in [0.3, 0.4) is 0 Å². The minimum Gasteiger partial charge on any atom is -0.493 e. The van der Waals surface area contributed by atoms with Crippen LogP contribution in [0.15, 0.2) is 18.2 Å². The molecule has 2 rings (SSSR count). The average molecular weight is 280 g/mol. The van der Waals surface area contributed by atoms with Gasteiger partial charge >= 0.3 is 0 Å². The highest BCUT2D eigenvalue weighted by molar-refractivity contribution is 7.98. The first kappa shape index (κ1) is 14.2. The lowest BCUT2D eigenvalue weighted by Gasteiger charge is -2.18. The molecule has 104 valence electrons. The van der Waals surface area contributed by atoms with Crippen molar-refractivity contribution in [3.8, 4) is 5.75 Å². The fourth-order valence-electron chi connectivity index (χ4n) is 2.05. The first-order chi connectivity index (χ1) is 9.20. The maximum Gasteiger partial charge on any atom is 0.241 e. The highest BCUT2D eigenvalue weighted by Crippen LogP contribution is 2.27. The van der Waals surface area contributed by atoms with Crippen LogP contribution in [0.25, 0.3) is 0 Å². The number of hydrogen-bond donors (Lipinski definition) is 2. The maximum absolute atomic E-state index is 11.9. The van der Waals surface area contributed by atoms with E-state index in [-0.39, 0.29) is 5.91 Å². The SMILES string of the molecule is CSCC[C@H](N)C(=O)Nc1ccc2c(c1)CCCO2. The first-order valence-corrected chi connectivity index (χ1v) is 7.91. The number of amides is 1. The molecule has 0 aromatic heterocycles. The van der Waals surface area contributed by atoms with Crippen LogP contribution in [0.5, 0.6) is 5.75 Å².